The van der Waals surface area contributed by atoms with Gasteiger partial charge in [-0.2, -0.15) is 0 Å². The summed E-state index contributed by atoms with van der Waals surface area (Å²) in [6.07, 6.45) is 5.11. The third-order valence-corrected chi connectivity index (χ3v) is 2.67. The normalized spacial score (nSPS) is 14.2. The van der Waals surface area contributed by atoms with Crippen LogP contribution in [0.3, 0.4) is 0 Å². The molecule has 0 spiro atoms. The largest absolute Gasteiger partial charge is 0.381 e. The number of amides is 1. The fraction of sp³-hybridized carbons (Fsp3) is 0.917. The highest BCUT2D eigenvalue weighted by molar-refractivity contribution is 5.85. The van der Waals surface area contributed by atoms with E-state index in [-0.39, 0.29) is 18.3 Å². The molecule has 1 amide bonds. The van der Waals surface area contributed by atoms with Crippen LogP contribution < -0.4 is 10.6 Å². The lowest BCUT2D eigenvalue weighted by Gasteiger charge is -2.05. The van der Waals surface area contributed by atoms with Crippen molar-refractivity contribution in [2.75, 3.05) is 33.4 Å². The van der Waals surface area contributed by atoms with E-state index in [0.717, 1.165) is 45.1 Å². The first-order valence-electron chi connectivity index (χ1n) is 6.32. The van der Waals surface area contributed by atoms with Gasteiger partial charge < -0.3 is 15.4 Å². The molecule has 0 aromatic rings. The zero-order valence-electron chi connectivity index (χ0n) is 10.7. The van der Waals surface area contributed by atoms with Crippen molar-refractivity contribution in [1.82, 2.24) is 10.6 Å². The molecular formula is C12H25ClN2O2. The molecule has 0 aromatic heterocycles. The number of hydrogen-bond acceptors (Lipinski definition) is 3. The molecule has 0 heterocycles. The quantitative estimate of drug-likeness (QED) is 0.586. The molecular weight excluding hydrogens is 240 g/mol. The van der Waals surface area contributed by atoms with Gasteiger partial charge in [0, 0.05) is 26.2 Å². The molecule has 1 rings (SSSR count). The van der Waals surface area contributed by atoms with Gasteiger partial charge in [0.15, 0.2) is 0 Å². The van der Waals surface area contributed by atoms with Crippen molar-refractivity contribution < 1.29 is 9.53 Å². The van der Waals surface area contributed by atoms with E-state index in [9.17, 15) is 4.79 Å². The molecule has 2 N–H and O–H groups in total. The molecule has 0 bridgehead atoms. The van der Waals surface area contributed by atoms with Crippen molar-refractivity contribution in [2.45, 2.75) is 32.1 Å². The summed E-state index contributed by atoms with van der Waals surface area (Å²) in [4.78, 5) is 11.3. The lowest BCUT2D eigenvalue weighted by Crippen LogP contribution is -2.26. The Kier molecular flexibility index (Phi) is 10.6. The van der Waals surface area contributed by atoms with Gasteiger partial charge in [-0.1, -0.05) is 0 Å². The Balaban J connectivity index is 0.00000256. The van der Waals surface area contributed by atoms with Gasteiger partial charge in [0.2, 0.25) is 5.91 Å². The maximum absolute atomic E-state index is 11.3. The molecule has 17 heavy (non-hydrogen) atoms. The van der Waals surface area contributed by atoms with Crippen molar-refractivity contribution in [3.05, 3.63) is 0 Å². The van der Waals surface area contributed by atoms with Crippen LogP contribution in [0.4, 0.5) is 0 Å². The number of halogens is 1. The number of rotatable bonds is 10. The number of carbonyl (C=O) groups excluding carboxylic acids is 1. The van der Waals surface area contributed by atoms with Gasteiger partial charge in [-0.05, 0) is 45.2 Å². The van der Waals surface area contributed by atoms with Gasteiger partial charge in [-0.25, -0.2) is 0 Å². The average Bonchev–Trinajstić information content (AvgIpc) is 3.07. The highest BCUT2D eigenvalue weighted by atomic mass is 35.5. The molecule has 4 nitrogen and oxygen atoms in total. The number of carbonyl (C=O) groups is 1. The van der Waals surface area contributed by atoms with Crippen LogP contribution in [-0.2, 0) is 9.53 Å². The van der Waals surface area contributed by atoms with Crippen LogP contribution in [-0.4, -0.2) is 39.3 Å². The van der Waals surface area contributed by atoms with Gasteiger partial charge in [0.25, 0.3) is 0 Å². The molecule has 0 saturated heterocycles. The molecule has 102 valence electrons. The Morgan fingerprint density at radius 1 is 1.29 bits per heavy atom. The van der Waals surface area contributed by atoms with Crippen LogP contribution in [0.15, 0.2) is 0 Å². The second-order valence-electron chi connectivity index (χ2n) is 4.43. The second-order valence-corrected chi connectivity index (χ2v) is 4.43. The molecule has 0 radical (unpaired) electrons. The van der Waals surface area contributed by atoms with E-state index in [4.69, 9.17) is 4.74 Å². The van der Waals surface area contributed by atoms with E-state index in [1.165, 1.54) is 12.8 Å². The molecule has 1 aliphatic rings. The first-order chi connectivity index (χ1) is 7.83. The fourth-order valence-electron chi connectivity index (χ4n) is 1.45. The van der Waals surface area contributed by atoms with E-state index >= 15 is 0 Å². The maximum Gasteiger partial charge on any atom is 0.220 e. The summed E-state index contributed by atoms with van der Waals surface area (Å²) in [5, 5.41) is 5.92. The Labute approximate surface area is 110 Å². The average molecular weight is 265 g/mol. The van der Waals surface area contributed by atoms with Crippen LogP contribution in [0, 0.1) is 5.92 Å². The van der Waals surface area contributed by atoms with Crippen LogP contribution in [0.2, 0.25) is 0 Å². The minimum atomic E-state index is 0. The minimum Gasteiger partial charge on any atom is -0.381 e. The topological polar surface area (TPSA) is 50.4 Å². The van der Waals surface area contributed by atoms with Gasteiger partial charge in [0.1, 0.15) is 0 Å². The monoisotopic (exact) mass is 264 g/mol. The summed E-state index contributed by atoms with van der Waals surface area (Å²) in [7, 11) is 1.90. The smallest absolute Gasteiger partial charge is 0.220 e. The van der Waals surface area contributed by atoms with Crippen LogP contribution >= 0.6 is 12.4 Å². The number of ether oxygens (including phenoxy) is 1. The number of nitrogens with one attached hydrogen (secondary N) is 2. The highest BCUT2D eigenvalue weighted by Gasteiger charge is 2.20. The molecule has 1 saturated carbocycles. The van der Waals surface area contributed by atoms with E-state index < -0.39 is 0 Å². The molecule has 5 heteroatoms. The molecule has 1 fully saturated rings. The Hall–Kier alpha value is -0.320. The van der Waals surface area contributed by atoms with Crippen molar-refractivity contribution in [3.8, 4) is 0 Å². The predicted octanol–water partition coefficient (Wildman–Crippen LogP) is 1.34. The van der Waals surface area contributed by atoms with Gasteiger partial charge in [-0.3, -0.25) is 4.79 Å². The van der Waals surface area contributed by atoms with Gasteiger partial charge in [-0.15, -0.1) is 12.4 Å². The molecule has 0 aliphatic heterocycles. The summed E-state index contributed by atoms with van der Waals surface area (Å²) < 4.78 is 5.48. The molecule has 1 aliphatic carbocycles. The third-order valence-electron chi connectivity index (χ3n) is 2.67. The molecule has 0 atom stereocenters. The van der Waals surface area contributed by atoms with Crippen molar-refractivity contribution in [2.24, 2.45) is 5.92 Å². The lowest BCUT2D eigenvalue weighted by atomic mass is 10.3. The SMILES string of the molecule is CNCCCC(=O)NCCCOCC1CC1.Cl. The van der Waals surface area contributed by atoms with Crippen molar-refractivity contribution >= 4 is 18.3 Å². The second kappa shape index (κ2) is 10.8. The van der Waals surface area contributed by atoms with E-state index in [1.807, 2.05) is 7.05 Å². The predicted molar refractivity (Wildman–Crippen MR) is 71.6 cm³/mol. The van der Waals surface area contributed by atoms with Crippen LogP contribution in [0.1, 0.15) is 32.1 Å². The van der Waals surface area contributed by atoms with Gasteiger partial charge in [0.05, 0.1) is 0 Å². The lowest BCUT2D eigenvalue weighted by molar-refractivity contribution is -0.121. The summed E-state index contributed by atoms with van der Waals surface area (Å²) in [5.74, 6) is 0.980. The zero-order valence-corrected chi connectivity index (χ0v) is 11.5. The van der Waals surface area contributed by atoms with Crippen molar-refractivity contribution in [3.63, 3.8) is 0 Å². The van der Waals surface area contributed by atoms with Crippen molar-refractivity contribution in [1.29, 1.82) is 0 Å². The highest BCUT2D eigenvalue weighted by Crippen LogP contribution is 2.28. The summed E-state index contributed by atoms with van der Waals surface area (Å²) in [6, 6.07) is 0. The summed E-state index contributed by atoms with van der Waals surface area (Å²) >= 11 is 0. The Morgan fingerprint density at radius 3 is 2.71 bits per heavy atom. The fourth-order valence-corrected chi connectivity index (χ4v) is 1.45. The van der Waals surface area contributed by atoms with E-state index in [0.29, 0.717) is 6.42 Å². The third kappa shape index (κ3) is 10.5. The Bertz CT molecular complexity index is 199. The zero-order chi connectivity index (χ0) is 11.6. The first kappa shape index (κ1) is 16.7. The van der Waals surface area contributed by atoms with Crippen LogP contribution in [0.5, 0.6) is 0 Å². The van der Waals surface area contributed by atoms with E-state index in [2.05, 4.69) is 10.6 Å². The van der Waals surface area contributed by atoms with Crippen LogP contribution in [0.25, 0.3) is 0 Å². The van der Waals surface area contributed by atoms with E-state index in [1.54, 1.807) is 0 Å². The Morgan fingerprint density at radius 2 is 2.06 bits per heavy atom. The summed E-state index contributed by atoms with van der Waals surface area (Å²) in [5.41, 5.74) is 0. The standard InChI is InChI=1S/C12H24N2O2.ClH/c1-13-7-2-4-12(15)14-8-3-9-16-10-11-5-6-11;/h11,13H,2-10H2,1H3,(H,14,15);1H. The summed E-state index contributed by atoms with van der Waals surface area (Å²) in [6.45, 7) is 3.32. The molecule has 0 unspecified atom stereocenters. The van der Waals surface area contributed by atoms with Gasteiger partial charge >= 0.3 is 0 Å². The molecule has 0 aromatic carbocycles. The maximum atomic E-state index is 11.3. The first-order valence-corrected chi connectivity index (χ1v) is 6.32. The number of hydrogen-bond donors (Lipinski definition) is 2. The minimum absolute atomic E-state index is 0.